The Morgan fingerprint density at radius 1 is 0.805 bits per heavy atom. The first-order chi connectivity index (χ1) is 20.1. The van der Waals surface area contributed by atoms with Gasteiger partial charge in [-0.3, -0.25) is 9.69 Å². The Hall–Kier alpha value is -5.17. The van der Waals surface area contributed by atoms with Gasteiger partial charge in [0.1, 0.15) is 12.0 Å². The molecule has 3 heterocycles. The number of nitrogens with one attached hydrogen (secondary N) is 1. The molecule has 3 N–H and O–H groups in total. The minimum absolute atomic E-state index is 0.0656. The topological polar surface area (TPSA) is 87.4 Å². The molecule has 7 nitrogen and oxygen atoms in total. The highest BCUT2D eigenvalue weighted by molar-refractivity contribution is 5.95. The first-order valence-electron chi connectivity index (χ1n) is 13.8. The summed E-state index contributed by atoms with van der Waals surface area (Å²) in [5.74, 6) is 1.28. The van der Waals surface area contributed by atoms with E-state index in [9.17, 15) is 4.79 Å². The Kier molecular flexibility index (Phi) is 7.32. The maximum absolute atomic E-state index is 13.2. The van der Waals surface area contributed by atoms with Crippen molar-refractivity contribution in [2.24, 2.45) is 0 Å². The van der Waals surface area contributed by atoms with Crippen LogP contribution in [0.5, 0.6) is 0 Å². The van der Waals surface area contributed by atoms with E-state index >= 15 is 0 Å². The van der Waals surface area contributed by atoms with Crippen molar-refractivity contribution in [1.82, 2.24) is 15.3 Å². The lowest BCUT2D eigenvalue weighted by Crippen LogP contribution is -2.31. The summed E-state index contributed by atoms with van der Waals surface area (Å²) in [6, 6.07) is 34.3. The fourth-order valence-corrected chi connectivity index (χ4v) is 5.47. The van der Waals surface area contributed by atoms with E-state index in [1.165, 1.54) is 5.56 Å². The molecule has 0 saturated heterocycles. The summed E-state index contributed by atoms with van der Waals surface area (Å²) in [7, 11) is 2.04. The van der Waals surface area contributed by atoms with E-state index in [0.29, 0.717) is 12.4 Å². The molecular weight excluding hydrogens is 508 g/mol. The lowest BCUT2D eigenvalue weighted by atomic mass is 9.99. The van der Waals surface area contributed by atoms with Gasteiger partial charge in [-0.1, -0.05) is 60.7 Å². The van der Waals surface area contributed by atoms with Crippen molar-refractivity contribution >= 4 is 28.9 Å². The number of pyridine rings is 2. The number of anilines is 4. The Morgan fingerprint density at radius 3 is 2.34 bits per heavy atom. The van der Waals surface area contributed by atoms with Crippen molar-refractivity contribution in [2.75, 3.05) is 22.6 Å². The Bertz CT molecular complexity index is 1650. The zero-order valence-electron chi connectivity index (χ0n) is 22.9. The quantitative estimate of drug-likeness (QED) is 0.249. The predicted molar refractivity (Wildman–Crippen MR) is 164 cm³/mol. The second kappa shape index (κ2) is 11.5. The maximum Gasteiger partial charge on any atom is 0.251 e. The number of nitrogens with zero attached hydrogens (tertiary/aromatic N) is 4. The number of carbonyl (C=O) groups excluding carboxylic acids is 1. The van der Waals surface area contributed by atoms with Crippen molar-refractivity contribution in [3.05, 3.63) is 143 Å². The first kappa shape index (κ1) is 26.1. The monoisotopic (exact) mass is 540 g/mol. The van der Waals surface area contributed by atoms with Crippen LogP contribution in [0.25, 0.3) is 0 Å². The number of carbonyl (C=O) groups is 1. The van der Waals surface area contributed by atoms with E-state index in [1.807, 2.05) is 79.8 Å². The van der Waals surface area contributed by atoms with Gasteiger partial charge in [0.05, 0.1) is 5.69 Å². The van der Waals surface area contributed by atoms with E-state index in [-0.39, 0.29) is 12.1 Å². The first-order valence-corrected chi connectivity index (χ1v) is 13.8. The molecule has 0 radical (unpaired) electrons. The van der Waals surface area contributed by atoms with Gasteiger partial charge >= 0.3 is 0 Å². The van der Waals surface area contributed by atoms with Crippen LogP contribution in [0.2, 0.25) is 0 Å². The van der Waals surface area contributed by atoms with Crippen molar-refractivity contribution in [1.29, 1.82) is 0 Å². The predicted octanol–water partition coefficient (Wildman–Crippen LogP) is 6.06. The summed E-state index contributed by atoms with van der Waals surface area (Å²) in [6.07, 6.45) is 5.02. The molecule has 0 fully saturated rings. The Balaban J connectivity index is 1.18. The molecule has 1 unspecified atom stereocenters. The third-order valence-electron chi connectivity index (χ3n) is 7.59. The molecule has 1 aliphatic heterocycles. The van der Waals surface area contributed by atoms with Gasteiger partial charge < -0.3 is 16.0 Å². The standard InChI is InChI=1S/C34H32N6O/c1-39-30-14-8-22-37-32(30)40(34(39)29-13-7-21-36-31(29)35)27-19-16-25(17-20-27)23-38-33(41)28-12-6-5-11-26(28)18-15-24-9-3-2-4-10-24/h2-14,16-17,19-22,34H,15,18,23H2,1H3,(H2,35,36)(H,38,41). The maximum atomic E-state index is 13.2. The summed E-state index contributed by atoms with van der Waals surface area (Å²) in [5, 5.41) is 3.11. The van der Waals surface area contributed by atoms with E-state index in [2.05, 4.69) is 50.4 Å². The molecule has 0 aliphatic carbocycles. The zero-order chi connectivity index (χ0) is 28.2. The van der Waals surface area contributed by atoms with Gasteiger partial charge in [0.15, 0.2) is 5.82 Å². The molecule has 0 spiro atoms. The van der Waals surface area contributed by atoms with E-state index in [4.69, 9.17) is 10.7 Å². The van der Waals surface area contributed by atoms with Crippen molar-refractivity contribution in [3.8, 4) is 0 Å². The minimum Gasteiger partial charge on any atom is -0.383 e. The SMILES string of the molecule is CN1c2cccnc2N(c2ccc(CNC(=O)c3ccccc3CCc3ccccc3)cc2)C1c1cccnc1N. The molecule has 6 rings (SSSR count). The van der Waals surface area contributed by atoms with Crippen LogP contribution in [0.15, 0.2) is 116 Å². The highest BCUT2D eigenvalue weighted by atomic mass is 16.1. The van der Waals surface area contributed by atoms with Crippen LogP contribution in [-0.2, 0) is 19.4 Å². The van der Waals surface area contributed by atoms with Gasteiger partial charge in [-0.15, -0.1) is 0 Å². The number of amides is 1. The number of rotatable bonds is 8. The molecule has 1 amide bonds. The fourth-order valence-electron chi connectivity index (χ4n) is 5.47. The van der Waals surface area contributed by atoms with Crippen LogP contribution in [0.1, 0.15) is 38.8 Å². The third kappa shape index (κ3) is 5.34. The number of nitrogens with two attached hydrogens (primary N) is 1. The number of fused-ring (bicyclic) bond motifs is 1. The molecule has 5 aromatic rings. The van der Waals surface area contributed by atoms with Gasteiger partial charge in [0.25, 0.3) is 5.91 Å². The Morgan fingerprint density at radius 2 is 1.54 bits per heavy atom. The molecule has 1 aliphatic rings. The fraction of sp³-hybridized carbons (Fsp3) is 0.147. The van der Waals surface area contributed by atoms with Gasteiger partial charge in [-0.05, 0) is 72.0 Å². The van der Waals surface area contributed by atoms with Gasteiger partial charge in [0.2, 0.25) is 0 Å². The van der Waals surface area contributed by atoms with Crippen molar-refractivity contribution in [2.45, 2.75) is 25.6 Å². The number of aromatic nitrogens is 2. The van der Waals surface area contributed by atoms with Gasteiger partial charge in [-0.2, -0.15) is 0 Å². The molecule has 3 aromatic carbocycles. The van der Waals surface area contributed by atoms with Crippen LogP contribution < -0.4 is 20.9 Å². The average Bonchev–Trinajstić information content (AvgIpc) is 3.32. The number of aryl methyl sites for hydroxylation is 2. The molecule has 2 aromatic heterocycles. The summed E-state index contributed by atoms with van der Waals surface area (Å²) in [6.45, 7) is 0.430. The number of hydrogen-bond donors (Lipinski definition) is 2. The van der Waals surface area contributed by atoms with Crippen molar-refractivity contribution < 1.29 is 4.79 Å². The number of nitrogen functional groups attached to an aromatic ring is 1. The zero-order valence-corrected chi connectivity index (χ0v) is 22.9. The van der Waals surface area contributed by atoms with Crippen LogP contribution in [-0.4, -0.2) is 22.9 Å². The Labute approximate surface area is 240 Å². The largest absolute Gasteiger partial charge is 0.383 e. The second-order valence-corrected chi connectivity index (χ2v) is 10.2. The van der Waals surface area contributed by atoms with Crippen LogP contribution in [0.3, 0.4) is 0 Å². The second-order valence-electron chi connectivity index (χ2n) is 10.2. The summed E-state index contributed by atoms with van der Waals surface area (Å²) in [4.78, 5) is 26.5. The van der Waals surface area contributed by atoms with E-state index < -0.39 is 0 Å². The molecule has 204 valence electrons. The summed E-state index contributed by atoms with van der Waals surface area (Å²) < 4.78 is 0. The summed E-state index contributed by atoms with van der Waals surface area (Å²) in [5.41, 5.74) is 13.3. The lowest BCUT2D eigenvalue weighted by molar-refractivity contribution is 0.0950. The molecular formula is C34H32N6O. The minimum atomic E-state index is -0.188. The smallest absolute Gasteiger partial charge is 0.251 e. The van der Waals surface area contributed by atoms with Crippen LogP contribution >= 0.6 is 0 Å². The molecule has 0 saturated carbocycles. The number of hydrogen-bond acceptors (Lipinski definition) is 6. The van der Waals surface area contributed by atoms with Crippen LogP contribution in [0.4, 0.5) is 23.0 Å². The lowest BCUT2D eigenvalue weighted by Gasteiger charge is -2.31. The summed E-state index contributed by atoms with van der Waals surface area (Å²) >= 11 is 0. The van der Waals surface area contributed by atoms with E-state index in [1.54, 1.807) is 12.4 Å². The molecule has 0 bridgehead atoms. The highest BCUT2D eigenvalue weighted by Gasteiger charge is 2.38. The van der Waals surface area contributed by atoms with Crippen LogP contribution in [0, 0.1) is 0 Å². The third-order valence-corrected chi connectivity index (χ3v) is 7.59. The average molecular weight is 541 g/mol. The van der Waals surface area contributed by atoms with Gasteiger partial charge in [0, 0.05) is 42.8 Å². The normalized spacial score (nSPS) is 14.1. The van der Waals surface area contributed by atoms with E-state index in [0.717, 1.165) is 52.3 Å². The molecule has 7 heteroatoms. The highest BCUT2D eigenvalue weighted by Crippen LogP contribution is 2.48. The molecule has 1 atom stereocenters. The van der Waals surface area contributed by atoms with Crippen molar-refractivity contribution in [3.63, 3.8) is 0 Å². The van der Waals surface area contributed by atoms with Gasteiger partial charge in [-0.25, -0.2) is 9.97 Å². The number of benzene rings is 3. The molecule has 41 heavy (non-hydrogen) atoms.